The van der Waals surface area contributed by atoms with E-state index in [-0.39, 0.29) is 16.5 Å². The first-order valence-corrected chi connectivity index (χ1v) is 9.66. The molecular weight excluding hydrogens is 272 g/mol. The van der Waals surface area contributed by atoms with Crippen molar-refractivity contribution in [2.24, 2.45) is 0 Å². The minimum Gasteiger partial charge on any atom is -0.311 e. The molecule has 2 unspecified atom stereocenters. The molecule has 1 fully saturated rings. The van der Waals surface area contributed by atoms with Gasteiger partial charge in [-0.1, -0.05) is 20.3 Å². The summed E-state index contributed by atoms with van der Waals surface area (Å²) in [5.41, 5.74) is 0.0801. The van der Waals surface area contributed by atoms with Crippen molar-refractivity contribution in [3.8, 4) is 0 Å². The van der Waals surface area contributed by atoms with E-state index in [4.69, 9.17) is 0 Å². The van der Waals surface area contributed by atoms with Crippen LogP contribution in [0.15, 0.2) is 0 Å². The number of hydrogen-bond donors (Lipinski definition) is 1. The van der Waals surface area contributed by atoms with E-state index < -0.39 is 9.84 Å². The minimum atomic E-state index is -2.95. The molecule has 0 aliphatic carbocycles. The Hall–Kier alpha value is -0.130. The fourth-order valence-electron chi connectivity index (χ4n) is 2.75. The maximum atomic E-state index is 12.0. The molecule has 0 aromatic rings. The van der Waals surface area contributed by atoms with Gasteiger partial charge in [0.15, 0.2) is 9.84 Å². The Bertz CT molecular complexity index is 395. The number of nitrogens with one attached hydrogen (secondary N) is 1. The van der Waals surface area contributed by atoms with Gasteiger partial charge in [0.05, 0.1) is 11.0 Å². The molecule has 4 nitrogen and oxygen atoms in total. The lowest BCUT2D eigenvalue weighted by molar-refractivity contribution is 0.0528. The second-order valence-electron chi connectivity index (χ2n) is 6.58. The Morgan fingerprint density at radius 1 is 1.35 bits per heavy atom. The molecule has 0 aromatic heterocycles. The molecule has 0 aromatic carbocycles. The Balaban J connectivity index is 2.71. The van der Waals surface area contributed by atoms with E-state index >= 15 is 0 Å². The molecule has 0 saturated carbocycles. The summed E-state index contributed by atoms with van der Waals surface area (Å²) >= 11 is 0. The zero-order valence-electron chi connectivity index (χ0n) is 13.8. The van der Waals surface area contributed by atoms with Crippen molar-refractivity contribution in [2.45, 2.75) is 70.7 Å². The third kappa shape index (κ3) is 4.43. The van der Waals surface area contributed by atoms with Gasteiger partial charge in [-0.2, -0.15) is 0 Å². The molecule has 120 valence electrons. The monoisotopic (exact) mass is 304 g/mol. The van der Waals surface area contributed by atoms with Gasteiger partial charge in [0.2, 0.25) is 0 Å². The number of sulfone groups is 1. The number of piperazine rings is 1. The van der Waals surface area contributed by atoms with Crippen molar-refractivity contribution >= 4 is 9.84 Å². The van der Waals surface area contributed by atoms with Crippen LogP contribution in [-0.4, -0.2) is 55.5 Å². The molecule has 1 heterocycles. The first-order chi connectivity index (χ1) is 9.25. The topological polar surface area (TPSA) is 49.4 Å². The lowest BCUT2D eigenvalue weighted by Crippen LogP contribution is -2.63. The van der Waals surface area contributed by atoms with Crippen LogP contribution in [0, 0.1) is 0 Å². The summed E-state index contributed by atoms with van der Waals surface area (Å²) in [6, 6.07) is 0.501. The van der Waals surface area contributed by atoms with E-state index in [1.54, 1.807) is 13.8 Å². The van der Waals surface area contributed by atoms with Crippen molar-refractivity contribution < 1.29 is 8.42 Å². The van der Waals surface area contributed by atoms with Gasteiger partial charge in [0.1, 0.15) is 0 Å². The molecule has 5 heteroatoms. The molecule has 0 bridgehead atoms. The second kappa shape index (κ2) is 7.23. The molecule has 1 aliphatic heterocycles. The van der Waals surface area contributed by atoms with Crippen LogP contribution >= 0.6 is 0 Å². The lowest BCUT2D eigenvalue weighted by Gasteiger charge is -2.48. The van der Waals surface area contributed by atoms with Crippen LogP contribution in [0.25, 0.3) is 0 Å². The van der Waals surface area contributed by atoms with Gasteiger partial charge < -0.3 is 5.32 Å². The molecule has 1 saturated heterocycles. The fraction of sp³-hybridized carbons (Fsp3) is 1.00. The van der Waals surface area contributed by atoms with Crippen LogP contribution in [0.1, 0.15) is 53.9 Å². The van der Waals surface area contributed by atoms with Crippen molar-refractivity contribution in [3.05, 3.63) is 0 Å². The van der Waals surface area contributed by atoms with Gasteiger partial charge in [0.25, 0.3) is 0 Å². The first-order valence-electron chi connectivity index (χ1n) is 7.95. The zero-order chi connectivity index (χ0) is 15.4. The van der Waals surface area contributed by atoms with Gasteiger partial charge in [-0.3, -0.25) is 4.90 Å². The van der Waals surface area contributed by atoms with E-state index in [0.717, 1.165) is 25.9 Å². The summed E-state index contributed by atoms with van der Waals surface area (Å²) in [5.74, 6) is 0.277. The second-order valence-corrected chi connectivity index (χ2v) is 9.26. The maximum absolute atomic E-state index is 12.0. The number of nitrogens with zero attached hydrogens (tertiary/aromatic N) is 1. The van der Waals surface area contributed by atoms with Gasteiger partial charge in [-0.05, 0) is 33.6 Å². The van der Waals surface area contributed by atoms with E-state index in [1.165, 1.54) is 6.42 Å². The Morgan fingerprint density at radius 3 is 2.50 bits per heavy atom. The predicted octanol–water partition coefficient (Wildman–Crippen LogP) is 2.05. The quantitative estimate of drug-likeness (QED) is 0.782. The molecule has 1 N–H and O–H groups in total. The third-order valence-electron chi connectivity index (χ3n) is 4.74. The average Bonchev–Trinajstić information content (AvgIpc) is 2.39. The van der Waals surface area contributed by atoms with Crippen molar-refractivity contribution in [3.63, 3.8) is 0 Å². The van der Waals surface area contributed by atoms with Crippen LogP contribution in [0.3, 0.4) is 0 Å². The average molecular weight is 305 g/mol. The van der Waals surface area contributed by atoms with E-state index in [2.05, 4.69) is 31.0 Å². The molecule has 1 rings (SSSR count). The fourth-order valence-corrected chi connectivity index (χ4v) is 3.70. The summed E-state index contributed by atoms with van der Waals surface area (Å²) in [6.45, 7) is 12.7. The van der Waals surface area contributed by atoms with Crippen molar-refractivity contribution in [1.29, 1.82) is 0 Å². The van der Waals surface area contributed by atoms with E-state index in [0.29, 0.717) is 12.6 Å². The summed E-state index contributed by atoms with van der Waals surface area (Å²) in [7, 11) is -2.95. The van der Waals surface area contributed by atoms with Crippen LogP contribution in [0.5, 0.6) is 0 Å². The Kier molecular flexibility index (Phi) is 6.48. The minimum absolute atomic E-state index is 0.0801. The highest BCUT2D eigenvalue weighted by Gasteiger charge is 2.36. The highest BCUT2D eigenvalue weighted by atomic mass is 32.2. The highest BCUT2D eigenvalue weighted by Crippen LogP contribution is 2.24. The summed E-state index contributed by atoms with van der Waals surface area (Å²) in [4.78, 5) is 2.39. The highest BCUT2D eigenvalue weighted by molar-refractivity contribution is 7.92. The first kappa shape index (κ1) is 17.9. The van der Waals surface area contributed by atoms with Gasteiger partial charge >= 0.3 is 0 Å². The molecule has 2 atom stereocenters. The van der Waals surface area contributed by atoms with Crippen LogP contribution < -0.4 is 5.32 Å². The predicted molar refractivity (Wildman–Crippen MR) is 85.9 cm³/mol. The lowest BCUT2D eigenvalue weighted by atomic mass is 9.91. The summed E-state index contributed by atoms with van der Waals surface area (Å²) in [5, 5.41) is 3.35. The van der Waals surface area contributed by atoms with Gasteiger partial charge in [-0.25, -0.2) is 8.42 Å². The SMILES string of the molecule is CCCC1CN(CCS(=O)(=O)C(C)C)C(C)(CC)CN1. The molecule has 0 radical (unpaired) electrons. The largest absolute Gasteiger partial charge is 0.311 e. The summed E-state index contributed by atoms with van der Waals surface area (Å²) in [6.07, 6.45) is 3.37. The normalized spacial score (nSPS) is 29.0. The zero-order valence-corrected chi connectivity index (χ0v) is 14.6. The number of rotatable bonds is 7. The van der Waals surface area contributed by atoms with Crippen molar-refractivity contribution in [2.75, 3.05) is 25.4 Å². The molecule has 0 spiro atoms. The molecule has 20 heavy (non-hydrogen) atoms. The van der Waals surface area contributed by atoms with Crippen LogP contribution in [0.2, 0.25) is 0 Å². The van der Waals surface area contributed by atoms with Crippen molar-refractivity contribution in [1.82, 2.24) is 10.2 Å². The van der Waals surface area contributed by atoms with Gasteiger partial charge in [0, 0.05) is 31.2 Å². The van der Waals surface area contributed by atoms with E-state index in [9.17, 15) is 8.42 Å². The molecule has 0 amide bonds. The molecule has 1 aliphatic rings. The Labute approximate surface area is 125 Å². The van der Waals surface area contributed by atoms with Gasteiger partial charge in [-0.15, -0.1) is 0 Å². The van der Waals surface area contributed by atoms with Crippen LogP contribution in [-0.2, 0) is 9.84 Å². The maximum Gasteiger partial charge on any atom is 0.153 e. The van der Waals surface area contributed by atoms with E-state index in [1.807, 2.05) is 0 Å². The summed E-state index contributed by atoms with van der Waals surface area (Å²) < 4.78 is 24.1. The van der Waals surface area contributed by atoms with Crippen LogP contribution in [0.4, 0.5) is 0 Å². The molecular formula is C15H32N2O2S. The number of hydrogen-bond acceptors (Lipinski definition) is 4. The third-order valence-corrected chi connectivity index (χ3v) is 6.93. The smallest absolute Gasteiger partial charge is 0.153 e. The Morgan fingerprint density at radius 2 is 2.00 bits per heavy atom. The standard InChI is InChI=1S/C15H32N2O2S/c1-6-8-14-11-17(15(5,7-2)12-16-14)9-10-20(18,19)13(3)4/h13-14,16H,6-12H2,1-5H3.